The van der Waals surface area contributed by atoms with E-state index in [1.165, 1.54) is 0 Å². The summed E-state index contributed by atoms with van der Waals surface area (Å²) in [6.45, 7) is 2.67. The fraction of sp³-hybridized carbons (Fsp3) is 0.300. The predicted molar refractivity (Wildman–Crippen MR) is 98.0 cm³/mol. The molecule has 1 aromatic carbocycles. The normalized spacial score (nSPS) is 10.8. The Balaban J connectivity index is 1.66. The third-order valence-corrected chi connectivity index (χ3v) is 4.02. The molecule has 26 heavy (non-hydrogen) atoms. The highest BCUT2D eigenvalue weighted by Crippen LogP contribution is 2.32. The smallest absolute Gasteiger partial charge is 0.165 e. The van der Waals surface area contributed by atoms with E-state index >= 15 is 0 Å². The van der Waals surface area contributed by atoms with Crippen molar-refractivity contribution in [2.75, 3.05) is 14.2 Å². The number of nitrogens with one attached hydrogen (secondary N) is 2. The van der Waals surface area contributed by atoms with Crippen LogP contribution in [0.15, 0.2) is 57.8 Å². The zero-order valence-electron chi connectivity index (χ0n) is 15.1. The van der Waals surface area contributed by atoms with Crippen LogP contribution in [0.1, 0.15) is 22.6 Å². The Morgan fingerprint density at radius 3 is 2.00 bits per heavy atom. The van der Waals surface area contributed by atoms with Gasteiger partial charge in [-0.15, -0.1) is 0 Å². The van der Waals surface area contributed by atoms with Crippen LogP contribution in [0.3, 0.4) is 0 Å². The third kappa shape index (κ3) is 4.68. The maximum atomic E-state index is 5.55. The van der Waals surface area contributed by atoms with Crippen molar-refractivity contribution in [3.63, 3.8) is 0 Å². The van der Waals surface area contributed by atoms with Crippen LogP contribution in [0.5, 0.6) is 11.5 Å². The second kappa shape index (κ2) is 9.12. The number of benzene rings is 1. The Bertz CT molecular complexity index is 783. The highest BCUT2D eigenvalue weighted by Gasteiger charge is 2.12. The second-order valence-electron chi connectivity index (χ2n) is 5.86. The van der Waals surface area contributed by atoms with Gasteiger partial charge in [-0.25, -0.2) is 0 Å². The Kier molecular flexibility index (Phi) is 6.35. The molecule has 0 atom stereocenters. The quantitative estimate of drug-likeness (QED) is 0.580. The molecular weight excluding hydrogens is 332 g/mol. The van der Waals surface area contributed by atoms with E-state index in [-0.39, 0.29) is 0 Å². The van der Waals surface area contributed by atoms with Gasteiger partial charge < -0.3 is 28.9 Å². The van der Waals surface area contributed by atoms with Crippen molar-refractivity contribution < 1.29 is 18.3 Å². The first kappa shape index (κ1) is 18.1. The lowest BCUT2D eigenvalue weighted by molar-refractivity contribution is 0.349. The molecule has 138 valence electrons. The highest BCUT2D eigenvalue weighted by molar-refractivity contribution is 5.49. The molecule has 0 amide bonds. The summed E-state index contributed by atoms with van der Waals surface area (Å²) in [6, 6.07) is 11.8. The summed E-state index contributed by atoms with van der Waals surface area (Å²) < 4.78 is 21.7. The number of hydrogen-bond acceptors (Lipinski definition) is 6. The molecular formula is C20H24N2O4. The van der Waals surface area contributed by atoms with Crippen LogP contribution >= 0.6 is 0 Å². The number of methoxy groups -OCH3 is 2. The molecule has 0 saturated heterocycles. The third-order valence-electron chi connectivity index (χ3n) is 4.02. The Morgan fingerprint density at radius 1 is 0.808 bits per heavy atom. The van der Waals surface area contributed by atoms with Gasteiger partial charge in [-0.3, -0.25) is 0 Å². The van der Waals surface area contributed by atoms with Crippen molar-refractivity contribution in [3.05, 3.63) is 71.6 Å². The summed E-state index contributed by atoms with van der Waals surface area (Å²) in [6.07, 6.45) is 3.35. The van der Waals surface area contributed by atoms with Crippen molar-refractivity contribution in [2.24, 2.45) is 0 Å². The molecule has 3 rings (SSSR count). The zero-order chi connectivity index (χ0) is 18.2. The molecule has 0 radical (unpaired) electrons. The summed E-state index contributed by atoms with van der Waals surface area (Å²) in [5.41, 5.74) is 2.15. The van der Waals surface area contributed by atoms with Gasteiger partial charge in [-0.05, 0) is 42.0 Å². The minimum atomic E-state index is 0.645. The molecule has 0 saturated carbocycles. The van der Waals surface area contributed by atoms with Crippen molar-refractivity contribution >= 4 is 0 Å². The lowest BCUT2D eigenvalue weighted by Crippen LogP contribution is -2.15. The second-order valence-corrected chi connectivity index (χ2v) is 5.86. The van der Waals surface area contributed by atoms with Crippen LogP contribution in [0.4, 0.5) is 0 Å². The minimum Gasteiger partial charge on any atom is -0.493 e. The molecule has 0 aliphatic rings. The fourth-order valence-electron chi connectivity index (χ4n) is 2.82. The van der Waals surface area contributed by atoms with E-state index < -0.39 is 0 Å². The molecule has 6 heteroatoms. The Hall–Kier alpha value is -2.70. The van der Waals surface area contributed by atoms with E-state index in [0.29, 0.717) is 26.2 Å². The van der Waals surface area contributed by atoms with Crippen LogP contribution < -0.4 is 20.1 Å². The molecule has 3 aromatic rings. The largest absolute Gasteiger partial charge is 0.493 e. The standard InChI is InChI=1S/C20H24N2O4/c1-23-19-10-15(11-21-13-17-5-3-7-25-17)9-16(20(19)24-2)12-22-14-18-6-4-8-26-18/h3-10,21-22H,11-14H2,1-2H3. The van der Waals surface area contributed by atoms with E-state index in [2.05, 4.69) is 16.7 Å². The zero-order valence-corrected chi connectivity index (χ0v) is 15.1. The maximum absolute atomic E-state index is 5.55. The molecule has 6 nitrogen and oxygen atoms in total. The average Bonchev–Trinajstić information content (AvgIpc) is 3.35. The van der Waals surface area contributed by atoms with Gasteiger partial charge in [-0.1, -0.05) is 0 Å². The summed E-state index contributed by atoms with van der Waals surface area (Å²) in [7, 11) is 3.31. The number of hydrogen-bond donors (Lipinski definition) is 2. The fourth-order valence-corrected chi connectivity index (χ4v) is 2.82. The summed E-state index contributed by atoms with van der Waals surface area (Å²) >= 11 is 0. The van der Waals surface area contributed by atoms with Crippen molar-refractivity contribution in [3.8, 4) is 11.5 Å². The average molecular weight is 356 g/mol. The molecule has 0 spiro atoms. The van der Waals surface area contributed by atoms with E-state index in [1.807, 2.05) is 30.3 Å². The molecule has 2 N–H and O–H groups in total. The van der Waals surface area contributed by atoms with Gasteiger partial charge in [0.2, 0.25) is 0 Å². The maximum Gasteiger partial charge on any atom is 0.165 e. The van der Waals surface area contributed by atoms with Gasteiger partial charge in [0.1, 0.15) is 11.5 Å². The molecule has 2 heterocycles. The van der Waals surface area contributed by atoms with Gasteiger partial charge in [0.25, 0.3) is 0 Å². The minimum absolute atomic E-state index is 0.645. The molecule has 0 aliphatic carbocycles. The first-order valence-electron chi connectivity index (χ1n) is 8.50. The number of ether oxygens (including phenoxy) is 2. The number of furan rings is 2. The Morgan fingerprint density at radius 2 is 1.46 bits per heavy atom. The van der Waals surface area contributed by atoms with Crippen LogP contribution in [0.25, 0.3) is 0 Å². The van der Waals surface area contributed by atoms with Gasteiger partial charge in [0.05, 0.1) is 39.8 Å². The SMILES string of the molecule is COc1cc(CNCc2ccco2)cc(CNCc2ccco2)c1OC. The Labute approximate surface area is 153 Å². The topological polar surface area (TPSA) is 68.8 Å². The van der Waals surface area contributed by atoms with Crippen molar-refractivity contribution in [1.29, 1.82) is 0 Å². The lowest BCUT2D eigenvalue weighted by Gasteiger charge is -2.16. The molecule has 2 aromatic heterocycles. The van der Waals surface area contributed by atoms with Crippen molar-refractivity contribution in [2.45, 2.75) is 26.2 Å². The highest BCUT2D eigenvalue weighted by atomic mass is 16.5. The molecule has 0 unspecified atom stereocenters. The number of rotatable bonds is 10. The summed E-state index contributed by atoms with van der Waals surface area (Å²) in [5, 5.41) is 6.74. The lowest BCUT2D eigenvalue weighted by atomic mass is 10.1. The van der Waals surface area contributed by atoms with E-state index in [4.69, 9.17) is 18.3 Å². The summed E-state index contributed by atoms with van der Waals surface area (Å²) in [5.74, 6) is 3.27. The van der Waals surface area contributed by atoms with E-state index in [0.717, 1.165) is 34.1 Å². The monoisotopic (exact) mass is 356 g/mol. The first-order chi connectivity index (χ1) is 12.8. The van der Waals surface area contributed by atoms with Crippen molar-refractivity contribution in [1.82, 2.24) is 10.6 Å². The first-order valence-corrected chi connectivity index (χ1v) is 8.50. The van der Waals surface area contributed by atoms with Crippen LogP contribution in [-0.4, -0.2) is 14.2 Å². The van der Waals surface area contributed by atoms with Gasteiger partial charge in [-0.2, -0.15) is 0 Å². The van der Waals surface area contributed by atoms with Crippen LogP contribution in [0.2, 0.25) is 0 Å². The summed E-state index contributed by atoms with van der Waals surface area (Å²) in [4.78, 5) is 0. The molecule has 0 aliphatic heterocycles. The van der Waals surface area contributed by atoms with E-state index in [1.54, 1.807) is 26.7 Å². The molecule has 0 bridgehead atoms. The van der Waals surface area contributed by atoms with Gasteiger partial charge in [0.15, 0.2) is 11.5 Å². The predicted octanol–water partition coefficient (Wildman–Crippen LogP) is 3.47. The van der Waals surface area contributed by atoms with Gasteiger partial charge in [0, 0.05) is 18.7 Å². The van der Waals surface area contributed by atoms with E-state index in [9.17, 15) is 0 Å². The molecule has 0 fully saturated rings. The van der Waals surface area contributed by atoms with Crippen LogP contribution in [0, 0.1) is 0 Å². The van der Waals surface area contributed by atoms with Gasteiger partial charge >= 0.3 is 0 Å². The van der Waals surface area contributed by atoms with Crippen LogP contribution in [-0.2, 0) is 26.2 Å².